The Bertz CT molecular complexity index is 498. The number of rotatable bonds is 3. The molecule has 0 spiro atoms. The van der Waals surface area contributed by atoms with E-state index in [-0.39, 0.29) is 7.43 Å². The molecule has 1 aromatic rings. The first kappa shape index (κ1) is 31.2. The van der Waals surface area contributed by atoms with Crippen molar-refractivity contribution in [1.82, 2.24) is 4.90 Å². The van der Waals surface area contributed by atoms with E-state index in [1.54, 1.807) is 0 Å². The Balaban J connectivity index is 0. The van der Waals surface area contributed by atoms with Crippen molar-refractivity contribution in [2.45, 2.75) is 74.4 Å². The zero-order valence-corrected chi connectivity index (χ0v) is 23.2. The topological polar surface area (TPSA) is 25.5 Å². The van der Waals surface area contributed by atoms with E-state index in [4.69, 9.17) is 18.6 Å². The van der Waals surface area contributed by atoms with Crippen molar-refractivity contribution in [2.75, 3.05) is 0 Å². The zero-order chi connectivity index (χ0) is 22.0. The van der Waals surface area contributed by atoms with Gasteiger partial charge in [0.15, 0.2) is 0 Å². The number of hydrogen-bond donors (Lipinski definition) is 0. The summed E-state index contributed by atoms with van der Waals surface area (Å²) in [6.07, 6.45) is 0. The summed E-state index contributed by atoms with van der Waals surface area (Å²) in [7, 11) is 9.78. The molecule has 29 heavy (non-hydrogen) atoms. The Morgan fingerprint density at radius 2 is 1.07 bits per heavy atom. The summed E-state index contributed by atoms with van der Waals surface area (Å²) in [6.45, 7) is 20.3. The fraction of sp³-hybridized carbons (Fsp3) is 0.667. The summed E-state index contributed by atoms with van der Waals surface area (Å²) < 4.78 is 0. The average Bonchev–Trinajstić information content (AvgIpc) is 2.81. The Morgan fingerprint density at radius 3 is 1.31 bits per heavy atom. The molecular weight excluding hydrogens is 435 g/mol. The second-order valence-corrected chi connectivity index (χ2v) is 11.2. The molecule has 0 unspecified atom stereocenters. The first-order valence-corrected chi connectivity index (χ1v) is 14.7. The molecule has 1 aliphatic rings. The van der Waals surface area contributed by atoms with Gasteiger partial charge in [-0.3, -0.25) is 0 Å². The Kier molecular flexibility index (Phi) is 16.9. The minimum absolute atomic E-state index is 0. The molecule has 2 rings (SSSR count). The van der Waals surface area contributed by atoms with E-state index in [1.165, 1.54) is 0 Å². The van der Waals surface area contributed by atoms with Crippen LogP contribution in [0.25, 0.3) is 5.41 Å². The van der Waals surface area contributed by atoms with Gasteiger partial charge in [0.2, 0.25) is 0 Å². The molecule has 168 valence electrons. The van der Waals surface area contributed by atoms with Gasteiger partial charge in [-0.2, -0.15) is 0 Å². The van der Waals surface area contributed by atoms with E-state index < -0.39 is 17.0 Å². The zero-order valence-electron chi connectivity index (χ0n) is 20.1. The van der Waals surface area contributed by atoms with Crippen molar-refractivity contribution in [2.24, 2.45) is 29.6 Å². The van der Waals surface area contributed by atoms with E-state index in [1.807, 2.05) is 35.2 Å². The van der Waals surface area contributed by atoms with Crippen molar-refractivity contribution < 1.29 is 17.0 Å². The molecule has 0 bridgehead atoms. The minimum atomic E-state index is -0.556. The van der Waals surface area contributed by atoms with E-state index >= 15 is 0 Å². The number of halogens is 2. The van der Waals surface area contributed by atoms with Gasteiger partial charge in [-0.25, -0.2) is 0 Å². The van der Waals surface area contributed by atoms with Gasteiger partial charge in [-0.1, -0.05) is 98.5 Å². The first-order chi connectivity index (χ1) is 13.0. The van der Waals surface area contributed by atoms with Gasteiger partial charge in [0.05, 0.1) is 0 Å². The van der Waals surface area contributed by atoms with Crippen LogP contribution < -0.4 is 0 Å². The van der Waals surface area contributed by atoms with E-state index in [9.17, 15) is 5.41 Å². The third-order valence-corrected chi connectivity index (χ3v) is 6.54. The van der Waals surface area contributed by atoms with Crippen LogP contribution in [-0.2, 0) is 17.0 Å². The maximum atomic E-state index is 10.2. The molecule has 5 heteroatoms. The Morgan fingerprint density at radius 1 is 0.793 bits per heavy atom. The molecule has 1 aliphatic carbocycles. The van der Waals surface area contributed by atoms with Crippen LogP contribution in [0.4, 0.5) is 0 Å². The van der Waals surface area contributed by atoms with Gasteiger partial charge in [-0.05, 0) is 47.2 Å². The van der Waals surface area contributed by atoms with Gasteiger partial charge in [0.25, 0.3) is 0 Å². The van der Waals surface area contributed by atoms with Crippen LogP contribution in [0.2, 0.25) is 0 Å². The third kappa shape index (κ3) is 9.77. The third-order valence-electron chi connectivity index (χ3n) is 6.54. The van der Waals surface area contributed by atoms with Gasteiger partial charge in [0, 0.05) is 0 Å². The summed E-state index contributed by atoms with van der Waals surface area (Å²) >= 11 is -0.556. The van der Waals surface area contributed by atoms with Gasteiger partial charge < -0.3 is 17.7 Å². The molecule has 0 aromatic heterocycles. The maximum absolute atomic E-state index is 10.2. The fourth-order valence-corrected chi connectivity index (χ4v) is 4.22. The SMILES string of the molecule is CC(C)N(C(=[N-])c1ccccc1)C(C)C.CC1C(C)C(C)C(C)C1C.[CH3-].[Cl][Ti][Cl]. The summed E-state index contributed by atoms with van der Waals surface area (Å²) in [6, 6.07) is 10.3. The normalized spacial score (nSPS) is 25.2. The molecule has 2 nitrogen and oxygen atoms in total. The molecule has 0 atom stereocenters. The summed E-state index contributed by atoms with van der Waals surface area (Å²) in [5.74, 6) is 5.04. The van der Waals surface area contributed by atoms with Crippen LogP contribution in [0.3, 0.4) is 0 Å². The quantitative estimate of drug-likeness (QED) is 0.187. The number of amidine groups is 1. The standard InChI is InChI=1S/C13H19N2.C10H20.CH3.2ClH.Ti/c1-10(2)15(11(3)4)13(14)12-8-6-5-7-9-12;1-6-7(2)9(4)10(5)8(6)3;;;;/h5-11H,1-4H3;6-10H,1-5H3;1H3;2*1H;/q-1;;-1;;;+2/p-2. The molecule has 0 radical (unpaired) electrons. The number of hydrogen-bond acceptors (Lipinski definition) is 0. The molecule has 0 heterocycles. The molecule has 0 amide bonds. The molecule has 1 fully saturated rings. The van der Waals surface area contributed by atoms with Crippen LogP contribution in [-0.4, -0.2) is 22.8 Å². The molecule has 1 saturated carbocycles. The Hall–Kier alpha value is -0.0157. The monoisotopic (exact) mass is 476 g/mol. The fourth-order valence-electron chi connectivity index (χ4n) is 4.22. The van der Waals surface area contributed by atoms with Crippen molar-refractivity contribution in [1.29, 1.82) is 0 Å². The Labute approximate surface area is 198 Å². The molecular formula is C24H42Cl2N2Ti-2. The van der Waals surface area contributed by atoms with Crippen molar-refractivity contribution in [3.63, 3.8) is 0 Å². The van der Waals surface area contributed by atoms with Crippen LogP contribution in [0.1, 0.15) is 67.9 Å². The molecule has 0 saturated heterocycles. The predicted molar refractivity (Wildman–Crippen MR) is 130 cm³/mol. The second-order valence-electron chi connectivity index (χ2n) is 8.65. The molecule has 0 aliphatic heterocycles. The van der Waals surface area contributed by atoms with Crippen LogP contribution in [0.5, 0.6) is 0 Å². The van der Waals surface area contributed by atoms with Gasteiger partial charge in [0.1, 0.15) is 0 Å². The van der Waals surface area contributed by atoms with Crippen molar-refractivity contribution in [3.05, 3.63) is 48.7 Å². The second kappa shape index (κ2) is 15.7. The van der Waals surface area contributed by atoms with Crippen LogP contribution >= 0.6 is 18.6 Å². The predicted octanol–water partition coefficient (Wildman–Crippen LogP) is 8.13. The number of benzene rings is 1. The van der Waals surface area contributed by atoms with Crippen LogP contribution in [0, 0.1) is 37.0 Å². The van der Waals surface area contributed by atoms with Crippen molar-refractivity contribution in [3.8, 4) is 0 Å². The molecule has 1 aromatic carbocycles. The van der Waals surface area contributed by atoms with Crippen molar-refractivity contribution >= 4 is 24.4 Å². The summed E-state index contributed by atoms with van der Waals surface area (Å²) in [5, 5.41) is 10.2. The summed E-state index contributed by atoms with van der Waals surface area (Å²) in [5.41, 5.74) is 0.875. The van der Waals surface area contributed by atoms with Gasteiger partial charge >= 0.3 is 35.6 Å². The van der Waals surface area contributed by atoms with E-state index in [2.05, 4.69) is 62.3 Å². The van der Waals surface area contributed by atoms with Crippen LogP contribution in [0.15, 0.2) is 30.3 Å². The van der Waals surface area contributed by atoms with Gasteiger partial charge in [-0.15, -0.1) is 0 Å². The number of nitrogens with zero attached hydrogens (tertiary/aromatic N) is 2. The van der Waals surface area contributed by atoms with E-state index in [0.29, 0.717) is 17.9 Å². The molecule has 0 N–H and O–H groups in total. The van der Waals surface area contributed by atoms with E-state index in [0.717, 1.165) is 35.2 Å². The summed E-state index contributed by atoms with van der Waals surface area (Å²) in [4.78, 5) is 2.01. The first-order valence-electron chi connectivity index (χ1n) is 10.4. The average molecular weight is 477 g/mol.